The molecule has 1 aliphatic carbocycles. The number of aromatic nitrogens is 2. The molecular weight excluding hydrogens is 528 g/mol. The molecule has 0 atom stereocenters. The van der Waals surface area contributed by atoms with Gasteiger partial charge in [-0.2, -0.15) is 0 Å². The van der Waals surface area contributed by atoms with Gasteiger partial charge in [-0.3, -0.25) is 14.6 Å². The van der Waals surface area contributed by atoms with Gasteiger partial charge in [0.05, 0.1) is 28.8 Å². The topological polar surface area (TPSA) is 137 Å². The van der Waals surface area contributed by atoms with Crippen LogP contribution in [0.1, 0.15) is 63.3 Å². The summed E-state index contributed by atoms with van der Waals surface area (Å²) < 4.78 is 39.9. The number of pyridine rings is 1. The van der Waals surface area contributed by atoms with E-state index in [4.69, 9.17) is 9.47 Å². The van der Waals surface area contributed by atoms with Crippen LogP contribution in [0.15, 0.2) is 17.2 Å². The molecule has 0 unspecified atom stereocenters. The maximum absolute atomic E-state index is 13.3. The van der Waals surface area contributed by atoms with Gasteiger partial charge in [0, 0.05) is 37.4 Å². The molecule has 2 fully saturated rings. The Kier molecular flexibility index (Phi) is 9.50. The lowest BCUT2D eigenvalue weighted by Crippen LogP contribution is -2.39. The van der Waals surface area contributed by atoms with Crippen molar-refractivity contribution in [2.45, 2.75) is 76.7 Å². The van der Waals surface area contributed by atoms with E-state index in [2.05, 4.69) is 20.0 Å². The molecule has 10 nitrogen and oxygen atoms in total. The number of hydrogen-bond acceptors (Lipinski definition) is 9. The molecule has 0 spiro atoms. The van der Waals surface area contributed by atoms with Crippen molar-refractivity contribution in [1.29, 1.82) is 0 Å². The summed E-state index contributed by atoms with van der Waals surface area (Å²) in [5.41, 5.74) is 1.71. The molecule has 2 N–H and O–H groups in total. The third-order valence-electron chi connectivity index (χ3n) is 7.12. The molecule has 1 amide bonds. The summed E-state index contributed by atoms with van der Waals surface area (Å²) in [6.45, 7) is 6.99. The van der Waals surface area contributed by atoms with Crippen molar-refractivity contribution < 1.29 is 27.5 Å². The Morgan fingerprint density at radius 3 is 2.50 bits per heavy atom. The van der Waals surface area contributed by atoms with E-state index in [-0.39, 0.29) is 28.7 Å². The van der Waals surface area contributed by atoms with Crippen LogP contribution in [0.2, 0.25) is 0 Å². The van der Waals surface area contributed by atoms with Gasteiger partial charge in [-0.25, -0.2) is 18.1 Å². The van der Waals surface area contributed by atoms with Gasteiger partial charge in [0.15, 0.2) is 5.13 Å². The fourth-order valence-corrected chi connectivity index (χ4v) is 7.49. The number of thiazole rings is 1. The average molecular weight is 565 g/mol. The quantitative estimate of drug-likeness (QED) is 0.437. The Morgan fingerprint density at radius 2 is 1.82 bits per heavy atom. The number of sulfonamides is 1. The van der Waals surface area contributed by atoms with Crippen molar-refractivity contribution in [2.24, 2.45) is 11.8 Å². The Morgan fingerprint density at radius 1 is 1.11 bits per heavy atom. The largest absolute Gasteiger partial charge is 0.466 e. The highest BCUT2D eigenvalue weighted by atomic mass is 32.2. The van der Waals surface area contributed by atoms with Gasteiger partial charge in [-0.05, 0) is 71.3 Å². The van der Waals surface area contributed by atoms with Crippen LogP contribution in [0.5, 0.6) is 0 Å². The zero-order chi connectivity index (χ0) is 27.3. The van der Waals surface area contributed by atoms with Gasteiger partial charge in [0.1, 0.15) is 4.90 Å². The first-order chi connectivity index (χ1) is 18.2. The summed E-state index contributed by atoms with van der Waals surface area (Å²) in [6, 6.07) is 1.36. The van der Waals surface area contributed by atoms with Crippen LogP contribution < -0.4 is 10.0 Å². The van der Waals surface area contributed by atoms with Crippen molar-refractivity contribution in [1.82, 2.24) is 14.7 Å². The van der Waals surface area contributed by atoms with Crippen LogP contribution in [-0.4, -0.2) is 56.1 Å². The molecule has 12 heteroatoms. The fourth-order valence-electron chi connectivity index (χ4n) is 5.00. The Balaban J connectivity index is 1.43. The van der Waals surface area contributed by atoms with Gasteiger partial charge >= 0.3 is 5.97 Å². The number of hydrogen-bond donors (Lipinski definition) is 2. The molecule has 4 rings (SSSR count). The summed E-state index contributed by atoms with van der Waals surface area (Å²) in [4.78, 5) is 34.3. The number of amides is 1. The minimum atomic E-state index is -3.83. The number of nitrogens with one attached hydrogen (secondary N) is 2. The summed E-state index contributed by atoms with van der Waals surface area (Å²) in [6.07, 6.45) is 6.13. The van der Waals surface area contributed by atoms with Crippen LogP contribution in [0.3, 0.4) is 0 Å². The summed E-state index contributed by atoms with van der Waals surface area (Å²) >= 11 is 1.30. The van der Waals surface area contributed by atoms with E-state index in [0.29, 0.717) is 79.9 Å². The van der Waals surface area contributed by atoms with E-state index in [1.807, 2.05) is 6.92 Å². The molecule has 1 saturated carbocycles. The van der Waals surface area contributed by atoms with E-state index >= 15 is 0 Å². The molecule has 0 bridgehead atoms. The first-order valence-corrected chi connectivity index (χ1v) is 15.5. The smallest absolute Gasteiger partial charge is 0.308 e. The van der Waals surface area contributed by atoms with Crippen LogP contribution in [-0.2, 0) is 29.1 Å². The van der Waals surface area contributed by atoms with Crippen LogP contribution in [0.25, 0.3) is 10.4 Å². The lowest BCUT2D eigenvalue weighted by Gasteiger charge is -2.27. The number of nitrogens with zero attached hydrogens (tertiary/aromatic N) is 2. The highest BCUT2D eigenvalue weighted by Crippen LogP contribution is 2.35. The normalized spacial score (nSPS) is 20.7. The molecule has 2 aromatic rings. The Hall–Kier alpha value is -2.41. The summed E-state index contributed by atoms with van der Waals surface area (Å²) in [7, 11) is -3.83. The van der Waals surface area contributed by atoms with Crippen LogP contribution in [0, 0.1) is 25.7 Å². The highest BCUT2D eigenvalue weighted by molar-refractivity contribution is 7.89. The fraction of sp³-hybridized carbons (Fsp3) is 0.615. The zero-order valence-electron chi connectivity index (χ0n) is 22.1. The Bertz CT molecular complexity index is 1250. The number of aryl methyl sites for hydroxylation is 2. The van der Waals surface area contributed by atoms with E-state index in [1.54, 1.807) is 26.1 Å². The number of carbonyl (C=O) groups is 2. The molecule has 38 heavy (non-hydrogen) atoms. The second-order valence-corrected chi connectivity index (χ2v) is 12.7. The van der Waals surface area contributed by atoms with Gasteiger partial charge in [-0.15, -0.1) is 0 Å². The van der Waals surface area contributed by atoms with Crippen molar-refractivity contribution in [3.8, 4) is 10.4 Å². The average Bonchev–Trinajstić information content (AvgIpc) is 3.24. The first kappa shape index (κ1) is 28.6. The third kappa shape index (κ3) is 7.16. The monoisotopic (exact) mass is 564 g/mol. The molecule has 1 saturated heterocycles. The summed E-state index contributed by atoms with van der Waals surface area (Å²) in [5.74, 6) is -0.154. The minimum Gasteiger partial charge on any atom is -0.466 e. The maximum atomic E-state index is 13.3. The number of rotatable bonds is 9. The molecule has 2 aliphatic rings. The molecule has 0 aromatic carbocycles. The molecule has 0 radical (unpaired) electrons. The number of ether oxygens (including phenoxy) is 2. The summed E-state index contributed by atoms with van der Waals surface area (Å²) in [5, 5.41) is 3.38. The van der Waals surface area contributed by atoms with Crippen molar-refractivity contribution in [2.75, 3.05) is 25.1 Å². The maximum Gasteiger partial charge on any atom is 0.308 e. The van der Waals surface area contributed by atoms with Crippen LogP contribution >= 0.6 is 11.3 Å². The third-order valence-corrected chi connectivity index (χ3v) is 9.88. The molecule has 208 valence electrons. The second kappa shape index (κ2) is 12.6. The van der Waals surface area contributed by atoms with E-state index in [0.717, 1.165) is 17.7 Å². The van der Waals surface area contributed by atoms with E-state index in [9.17, 15) is 18.0 Å². The number of carbonyl (C=O) groups excluding carboxylic acids is 2. The van der Waals surface area contributed by atoms with Gasteiger partial charge in [0.25, 0.3) is 0 Å². The van der Waals surface area contributed by atoms with Gasteiger partial charge in [-0.1, -0.05) is 11.3 Å². The van der Waals surface area contributed by atoms with Crippen molar-refractivity contribution >= 4 is 38.4 Å². The molecule has 3 heterocycles. The minimum absolute atomic E-state index is 0.0793. The van der Waals surface area contributed by atoms with Gasteiger partial charge < -0.3 is 14.8 Å². The SMILES string of the molecule is CCOC(=O)C1CCC(NS(=O)(=O)c2cc(-c3sc(NC(=O)CC4CCOCC4)nc3C)cnc2C)CC1. The predicted molar refractivity (Wildman–Crippen MR) is 144 cm³/mol. The number of esters is 1. The number of anilines is 1. The lowest BCUT2D eigenvalue weighted by molar-refractivity contribution is -0.149. The Labute approximate surface area is 228 Å². The lowest BCUT2D eigenvalue weighted by atomic mass is 9.86. The predicted octanol–water partition coefficient (Wildman–Crippen LogP) is 3.98. The zero-order valence-corrected chi connectivity index (χ0v) is 23.8. The van der Waals surface area contributed by atoms with E-state index in [1.165, 1.54) is 11.3 Å². The second-order valence-electron chi connectivity index (χ2n) is 9.97. The van der Waals surface area contributed by atoms with Gasteiger partial charge in [0.2, 0.25) is 15.9 Å². The van der Waals surface area contributed by atoms with Crippen molar-refractivity contribution in [3.05, 3.63) is 23.7 Å². The van der Waals surface area contributed by atoms with Crippen molar-refractivity contribution in [3.63, 3.8) is 0 Å². The molecule has 1 aliphatic heterocycles. The molecular formula is C26H36N4O6S2. The first-order valence-electron chi connectivity index (χ1n) is 13.2. The van der Waals surface area contributed by atoms with Crippen LogP contribution in [0.4, 0.5) is 5.13 Å². The standard InChI is InChI=1S/C26H36N4O6S2/c1-4-36-25(32)19-5-7-21(8-6-19)30-38(33,34)22-14-20(15-27-16(22)2)24-17(3)28-26(37-24)29-23(31)13-18-9-11-35-12-10-18/h14-15,18-19,21,30H,4-13H2,1-3H3,(H,28,29,31). The molecule has 2 aromatic heterocycles. The van der Waals surface area contributed by atoms with E-state index < -0.39 is 10.0 Å². The highest BCUT2D eigenvalue weighted by Gasteiger charge is 2.31.